The molecule has 0 aromatic heterocycles. The minimum Gasteiger partial charge on any atom is -0.382 e. The minimum absolute atomic E-state index is 0.397. The van der Waals surface area contributed by atoms with E-state index in [2.05, 4.69) is 20.4 Å². The van der Waals surface area contributed by atoms with E-state index in [1.807, 2.05) is 0 Å². The number of hydrogen-bond acceptors (Lipinski definition) is 5. The second kappa shape index (κ2) is 2.33. The van der Waals surface area contributed by atoms with Crippen LogP contribution in [0.1, 0.15) is 0 Å². The van der Waals surface area contributed by atoms with Crippen molar-refractivity contribution in [1.82, 2.24) is 19.6 Å². The van der Waals surface area contributed by atoms with E-state index < -0.39 is 0 Å². The lowest BCUT2D eigenvalue weighted by Crippen LogP contribution is -2.15. The summed E-state index contributed by atoms with van der Waals surface area (Å²) >= 11 is 0. The normalized spacial score (nSPS) is 10.4. The number of anilines is 1. The second-order valence-corrected chi connectivity index (χ2v) is 2.27. The Bertz CT molecular complexity index is 367. The van der Waals surface area contributed by atoms with Crippen molar-refractivity contribution in [3.63, 3.8) is 0 Å². The molecule has 0 fully saturated rings. The predicted molar refractivity (Wildman–Crippen MR) is 44.1 cm³/mol. The number of nitrogens with one attached hydrogen (secondary N) is 1. The molecular formula is C6H8N6. The average Bonchev–Trinajstić information content (AvgIpc) is 2.54. The third-order valence-electron chi connectivity index (χ3n) is 1.60. The van der Waals surface area contributed by atoms with Gasteiger partial charge in [0.1, 0.15) is 12.7 Å². The van der Waals surface area contributed by atoms with Crippen LogP contribution in [0.3, 0.4) is 0 Å². The summed E-state index contributed by atoms with van der Waals surface area (Å²) in [6.07, 6.45) is 3.02. The smallest absolute Gasteiger partial charge is 0.184 e. The summed E-state index contributed by atoms with van der Waals surface area (Å²) in [5.41, 5.74) is 9.07. The van der Waals surface area contributed by atoms with Crippen LogP contribution >= 0.6 is 0 Å². The van der Waals surface area contributed by atoms with Crippen LogP contribution < -0.4 is 11.2 Å². The number of hydrogen-bond donors (Lipinski definition) is 2. The van der Waals surface area contributed by atoms with E-state index in [9.17, 15) is 0 Å². The fourth-order valence-electron chi connectivity index (χ4n) is 1.02. The number of fused-ring (bicyclic) bond motifs is 1. The van der Waals surface area contributed by atoms with Gasteiger partial charge in [0.25, 0.3) is 0 Å². The maximum atomic E-state index is 5.57. The molecule has 2 heterocycles. The number of rotatable bonds is 1. The van der Waals surface area contributed by atoms with Crippen LogP contribution in [0.4, 0.5) is 5.82 Å². The van der Waals surface area contributed by atoms with Gasteiger partial charge in [-0.05, 0) is 0 Å². The summed E-state index contributed by atoms with van der Waals surface area (Å²) < 4.78 is 1.65. The largest absolute Gasteiger partial charge is 0.382 e. The Balaban J connectivity index is 2.71. The van der Waals surface area contributed by atoms with Crippen LogP contribution in [0.15, 0.2) is 12.7 Å². The Hall–Kier alpha value is -1.85. The summed E-state index contributed by atoms with van der Waals surface area (Å²) in [5, 5.41) is 0. The summed E-state index contributed by atoms with van der Waals surface area (Å²) in [4.78, 5) is 11.9. The Kier molecular flexibility index (Phi) is 1.33. The molecule has 62 valence electrons. The average molecular weight is 164 g/mol. The second-order valence-electron chi connectivity index (χ2n) is 2.27. The van der Waals surface area contributed by atoms with Crippen LogP contribution in [0.2, 0.25) is 0 Å². The molecule has 0 saturated heterocycles. The lowest BCUT2D eigenvalue weighted by atomic mass is 10.4. The molecule has 2 aliphatic heterocycles. The highest BCUT2D eigenvalue weighted by Gasteiger charge is 2.13. The lowest BCUT2D eigenvalue weighted by Gasteiger charge is -2.08. The monoisotopic (exact) mass is 164 g/mol. The van der Waals surface area contributed by atoms with Gasteiger partial charge >= 0.3 is 0 Å². The molecule has 0 amide bonds. The van der Waals surface area contributed by atoms with Gasteiger partial charge in [-0.1, -0.05) is 0 Å². The Morgan fingerprint density at radius 2 is 2.25 bits per heavy atom. The minimum atomic E-state index is 0.397. The van der Waals surface area contributed by atoms with Crippen molar-refractivity contribution in [2.24, 2.45) is 0 Å². The highest BCUT2D eigenvalue weighted by Crippen LogP contribution is 2.19. The van der Waals surface area contributed by atoms with Gasteiger partial charge < -0.3 is 11.2 Å². The SMILES string of the molecule is CNn1cnc(N)c2ncnc1-2. The van der Waals surface area contributed by atoms with Gasteiger partial charge in [0, 0.05) is 7.05 Å². The van der Waals surface area contributed by atoms with E-state index in [1.165, 1.54) is 6.33 Å². The number of nitrogens with two attached hydrogens (primary N) is 1. The molecule has 0 unspecified atom stereocenters. The third-order valence-corrected chi connectivity index (χ3v) is 1.60. The molecule has 0 aromatic carbocycles. The molecule has 0 bridgehead atoms. The van der Waals surface area contributed by atoms with E-state index in [0.717, 1.165) is 0 Å². The molecule has 0 saturated carbocycles. The van der Waals surface area contributed by atoms with E-state index in [-0.39, 0.29) is 0 Å². The molecule has 0 radical (unpaired) electrons. The van der Waals surface area contributed by atoms with Crippen molar-refractivity contribution >= 4 is 5.82 Å². The molecule has 0 aromatic rings. The van der Waals surface area contributed by atoms with Crippen LogP contribution in [0.5, 0.6) is 0 Å². The molecule has 6 heteroatoms. The molecule has 6 nitrogen and oxygen atoms in total. The van der Waals surface area contributed by atoms with Gasteiger partial charge in [0.05, 0.1) is 0 Å². The number of aromatic nitrogens is 4. The zero-order valence-corrected chi connectivity index (χ0v) is 6.52. The van der Waals surface area contributed by atoms with Crippen LogP contribution in [0.25, 0.3) is 11.5 Å². The molecule has 12 heavy (non-hydrogen) atoms. The van der Waals surface area contributed by atoms with E-state index in [0.29, 0.717) is 17.3 Å². The van der Waals surface area contributed by atoms with Crippen molar-refractivity contribution < 1.29 is 0 Å². The van der Waals surface area contributed by atoms with Gasteiger partial charge in [0.15, 0.2) is 17.3 Å². The van der Waals surface area contributed by atoms with Crippen LogP contribution in [-0.2, 0) is 0 Å². The lowest BCUT2D eigenvalue weighted by molar-refractivity contribution is 0.866. The first-order valence-corrected chi connectivity index (χ1v) is 3.44. The topological polar surface area (TPSA) is 81.7 Å². The maximum absolute atomic E-state index is 5.57. The van der Waals surface area contributed by atoms with E-state index in [1.54, 1.807) is 18.1 Å². The molecule has 0 spiro atoms. The molecule has 0 atom stereocenters. The van der Waals surface area contributed by atoms with Gasteiger partial charge in [-0.3, -0.25) is 0 Å². The van der Waals surface area contributed by atoms with Crippen molar-refractivity contribution in [2.45, 2.75) is 0 Å². The Morgan fingerprint density at radius 3 is 3.00 bits per heavy atom. The van der Waals surface area contributed by atoms with E-state index >= 15 is 0 Å². The third kappa shape index (κ3) is 0.777. The molecule has 2 aliphatic rings. The zero-order chi connectivity index (χ0) is 8.55. The molecule has 3 N–H and O–H groups in total. The number of nitrogen functional groups attached to an aromatic ring is 1. The summed E-state index contributed by atoms with van der Waals surface area (Å²) in [5.74, 6) is 1.08. The zero-order valence-electron chi connectivity index (χ0n) is 6.52. The highest BCUT2D eigenvalue weighted by atomic mass is 15.4. The van der Waals surface area contributed by atoms with Crippen LogP contribution in [-0.4, -0.2) is 26.7 Å². The summed E-state index contributed by atoms with van der Waals surface area (Å²) in [7, 11) is 1.77. The highest BCUT2D eigenvalue weighted by molar-refractivity contribution is 5.64. The molecule has 0 aliphatic carbocycles. The Labute approximate surface area is 68.8 Å². The van der Waals surface area contributed by atoms with E-state index in [4.69, 9.17) is 5.73 Å². The standard InChI is InChI=1S/C6H8N6/c1-8-12-3-11-5(7)4-6(12)10-2-9-4/h2-3,8H,7H2,1H3. The van der Waals surface area contributed by atoms with Crippen LogP contribution in [0, 0.1) is 0 Å². The number of imidazole rings is 1. The van der Waals surface area contributed by atoms with Gasteiger partial charge in [0.2, 0.25) is 0 Å². The molecule has 2 rings (SSSR count). The fourth-order valence-corrected chi connectivity index (χ4v) is 1.02. The first-order valence-electron chi connectivity index (χ1n) is 3.44. The number of nitrogens with zero attached hydrogens (tertiary/aromatic N) is 4. The Morgan fingerprint density at radius 1 is 1.42 bits per heavy atom. The van der Waals surface area contributed by atoms with Gasteiger partial charge in [-0.2, -0.15) is 0 Å². The van der Waals surface area contributed by atoms with Crippen molar-refractivity contribution in [2.75, 3.05) is 18.2 Å². The summed E-state index contributed by atoms with van der Waals surface area (Å²) in [6.45, 7) is 0. The predicted octanol–water partition coefficient (Wildman–Crippen LogP) is -0.467. The quantitative estimate of drug-likeness (QED) is 0.595. The maximum Gasteiger partial charge on any atom is 0.184 e. The van der Waals surface area contributed by atoms with Gasteiger partial charge in [-0.25, -0.2) is 19.6 Å². The molecular weight excluding hydrogens is 156 g/mol. The fraction of sp³-hybridized carbons (Fsp3) is 0.167. The van der Waals surface area contributed by atoms with Crippen molar-refractivity contribution in [1.29, 1.82) is 0 Å². The summed E-state index contributed by atoms with van der Waals surface area (Å²) in [6, 6.07) is 0. The van der Waals surface area contributed by atoms with Gasteiger partial charge in [-0.15, -0.1) is 0 Å². The first kappa shape index (κ1) is 6.84. The van der Waals surface area contributed by atoms with Crippen molar-refractivity contribution in [3.8, 4) is 11.5 Å². The van der Waals surface area contributed by atoms with Crippen molar-refractivity contribution in [3.05, 3.63) is 12.7 Å². The first-order chi connectivity index (χ1) is 5.83.